The molecule has 1 saturated heterocycles. The topological polar surface area (TPSA) is 20.2 Å². The molecule has 0 radical (unpaired) electrons. The van der Waals surface area contributed by atoms with Crippen LogP contribution in [0, 0.1) is 0 Å². The molecule has 3 nitrogen and oxygen atoms in total. The molecule has 0 atom stereocenters. The Morgan fingerprint density at radius 3 is 2.80 bits per heavy atom. The predicted molar refractivity (Wildman–Crippen MR) is 85.0 cm³/mol. The SMILES string of the molecule is CCn1cc(CN2CCNCC2(C)C)c2ccccc21. The fraction of sp³-hybridized carbons (Fsp3) is 0.529. The third-order valence-corrected chi connectivity index (χ3v) is 4.55. The Morgan fingerprint density at radius 1 is 1.25 bits per heavy atom. The molecule has 0 saturated carbocycles. The number of benzene rings is 1. The molecule has 1 N–H and O–H groups in total. The van der Waals surface area contributed by atoms with Crippen LogP contribution in [-0.4, -0.2) is 34.6 Å². The zero-order valence-electron chi connectivity index (χ0n) is 12.8. The first kappa shape index (κ1) is 13.7. The van der Waals surface area contributed by atoms with E-state index in [0.717, 1.165) is 32.7 Å². The molecule has 108 valence electrons. The van der Waals surface area contributed by atoms with Crippen LogP contribution >= 0.6 is 0 Å². The minimum Gasteiger partial charge on any atom is -0.347 e. The molecule has 3 heteroatoms. The van der Waals surface area contributed by atoms with Crippen LogP contribution in [0.25, 0.3) is 10.9 Å². The van der Waals surface area contributed by atoms with Crippen molar-refractivity contribution in [1.82, 2.24) is 14.8 Å². The average Bonchev–Trinajstić information content (AvgIpc) is 2.79. The van der Waals surface area contributed by atoms with Crippen LogP contribution in [0.3, 0.4) is 0 Å². The second-order valence-corrected chi connectivity index (χ2v) is 6.37. The third-order valence-electron chi connectivity index (χ3n) is 4.55. The van der Waals surface area contributed by atoms with E-state index in [1.54, 1.807) is 0 Å². The number of nitrogens with zero attached hydrogens (tertiary/aromatic N) is 2. The molecule has 1 aromatic heterocycles. The van der Waals surface area contributed by atoms with Crippen LogP contribution in [0.4, 0.5) is 0 Å². The van der Waals surface area contributed by atoms with Crippen molar-refractivity contribution >= 4 is 10.9 Å². The van der Waals surface area contributed by atoms with Crippen molar-refractivity contribution < 1.29 is 0 Å². The number of piperazine rings is 1. The maximum absolute atomic E-state index is 3.50. The first-order valence-corrected chi connectivity index (χ1v) is 7.64. The summed E-state index contributed by atoms with van der Waals surface area (Å²) in [4.78, 5) is 2.60. The Balaban J connectivity index is 1.94. The van der Waals surface area contributed by atoms with Crippen molar-refractivity contribution in [2.45, 2.75) is 39.4 Å². The van der Waals surface area contributed by atoms with E-state index in [1.165, 1.54) is 16.5 Å². The second-order valence-electron chi connectivity index (χ2n) is 6.37. The third kappa shape index (κ3) is 2.36. The van der Waals surface area contributed by atoms with E-state index in [0.29, 0.717) is 0 Å². The number of hydrogen-bond acceptors (Lipinski definition) is 2. The highest BCUT2D eigenvalue weighted by Crippen LogP contribution is 2.26. The molecule has 0 unspecified atom stereocenters. The Kier molecular flexibility index (Phi) is 3.57. The quantitative estimate of drug-likeness (QED) is 0.926. The van der Waals surface area contributed by atoms with Gasteiger partial charge in [-0.25, -0.2) is 0 Å². The van der Waals surface area contributed by atoms with Crippen molar-refractivity contribution in [3.05, 3.63) is 36.0 Å². The number of aromatic nitrogens is 1. The van der Waals surface area contributed by atoms with Crippen LogP contribution in [0.1, 0.15) is 26.3 Å². The molecule has 1 aromatic carbocycles. The van der Waals surface area contributed by atoms with Gasteiger partial charge in [-0.2, -0.15) is 0 Å². The lowest BCUT2D eigenvalue weighted by atomic mass is 9.99. The highest BCUT2D eigenvalue weighted by molar-refractivity contribution is 5.83. The summed E-state index contributed by atoms with van der Waals surface area (Å²) >= 11 is 0. The first-order valence-electron chi connectivity index (χ1n) is 7.64. The highest BCUT2D eigenvalue weighted by atomic mass is 15.2. The van der Waals surface area contributed by atoms with Crippen molar-refractivity contribution in [1.29, 1.82) is 0 Å². The molecule has 0 spiro atoms. The van der Waals surface area contributed by atoms with Crippen molar-refractivity contribution in [2.24, 2.45) is 0 Å². The monoisotopic (exact) mass is 271 g/mol. The minimum atomic E-state index is 0.230. The maximum Gasteiger partial charge on any atom is 0.0483 e. The minimum absolute atomic E-state index is 0.230. The van der Waals surface area contributed by atoms with E-state index in [1.807, 2.05) is 0 Å². The fourth-order valence-corrected chi connectivity index (χ4v) is 3.23. The Hall–Kier alpha value is -1.32. The molecule has 20 heavy (non-hydrogen) atoms. The molecule has 2 aromatic rings. The van der Waals surface area contributed by atoms with Gasteiger partial charge in [0.2, 0.25) is 0 Å². The molecule has 1 fully saturated rings. The van der Waals surface area contributed by atoms with Crippen molar-refractivity contribution in [2.75, 3.05) is 19.6 Å². The van der Waals surface area contributed by atoms with Gasteiger partial charge in [0, 0.05) is 55.4 Å². The fourth-order valence-electron chi connectivity index (χ4n) is 3.23. The summed E-state index contributed by atoms with van der Waals surface area (Å²) in [5.41, 5.74) is 3.04. The molecule has 0 aliphatic carbocycles. The van der Waals surface area contributed by atoms with Crippen LogP contribution < -0.4 is 5.32 Å². The molecule has 1 aliphatic heterocycles. The van der Waals surface area contributed by atoms with Gasteiger partial charge in [0.05, 0.1) is 0 Å². The first-order chi connectivity index (χ1) is 9.62. The standard InChI is InChI=1S/C17H25N3/c1-4-19-11-14(15-7-5-6-8-16(15)19)12-20-10-9-18-13-17(20,2)3/h5-8,11,18H,4,9-10,12-13H2,1-3H3. The van der Waals surface area contributed by atoms with Gasteiger partial charge in [0.25, 0.3) is 0 Å². The summed E-state index contributed by atoms with van der Waals surface area (Å²) < 4.78 is 2.36. The Bertz CT molecular complexity index is 597. The summed E-state index contributed by atoms with van der Waals surface area (Å²) in [6.45, 7) is 12.2. The summed E-state index contributed by atoms with van der Waals surface area (Å²) in [5.74, 6) is 0. The van der Waals surface area contributed by atoms with Crippen molar-refractivity contribution in [3.63, 3.8) is 0 Å². The van der Waals surface area contributed by atoms with E-state index in [-0.39, 0.29) is 5.54 Å². The smallest absolute Gasteiger partial charge is 0.0483 e. The van der Waals surface area contributed by atoms with Crippen LogP contribution in [0.5, 0.6) is 0 Å². The van der Waals surface area contributed by atoms with Gasteiger partial charge in [0.1, 0.15) is 0 Å². The van der Waals surface area contributed by atoms with E-state index >= 15 is 0 Å². The van der Waals surface area contributed by atoms with E-state index < -0.39 is 0 Å². The second kappa shape index (κ2) is 5.23. The average molecular weight is 271 g/mol. The van der Waals surface area contributed by atoms with Gasteiger partial charge in [-0.15, -0.1) is 0 Å². The number of aryl methyl sites for hydroxylation is 1. The van der Waals surface area contributed by atoms with Gasteiger partial charge in [-0.3, -0.25) is 4.90 Å². The zero-order chi connectivity index (χ0) is 14.2. The summed E-state index contributed by atoms with van der Waals surface area (Å²) in [6, 6.07) is 8.76. The zero-order valence-corrected chi connectivity index (χ0v) is 12.8. The van der Waals surface area contributed by atoms with E-state index in [4.69, 9.17) is 0 Å². The summed E-state index contributed by atoms with van der Waals surface area (Å²) in [7, 11) is 0. The number of hydrogen-bond donors (Lipinski definition) is 1. The molecule has 3 rings (SSSR count). The van der Waals surface area contributed by atoms with Gasteiger partial charge < -0.3 is 9.88 Å². The Labute approximate surface area is 121 Å². The van der Waals surface area contributed by atoms with Crippen LogP contribution in [0.2, 0.25) is 0 Å². The van der Waals surface area contributed by atoms with Gasteiger partial charge >= 0.3 is 0 Å². The normalized spacial score (nSPS) is 19.6. The highest BCUT2D eigenvalue weighted by Gasteiger charge is 2.29. The van der Waals surface area contributed by atoms with Crippen LogP contribution in [-0.2, 0) is 13.1 Å². The molecule has 0 bridgehead atoms. The summed E-state index contributed by atoms with van der Waals surface area (Å²) in [6.07, 6.45) is 2.34. The summed E-state index contributed by atoms with van der Waals surface area (Å²) in [5, 5.41) is 4.90. The maximum atomic E-state index is 3.50. The predicted octanol–water partition coefficient (Wildman–Crippen LogP) is 2.85. The van der Waals surface area contributed by atoms with Crippen molar-refractivity contribution in [3.8, 4) is 0 Å². The lowest BCUT2D eigenvalue weighted by Crippen LogP contribution is -2.57. The van der Waals surface area contributed by atoms with Gasteiger partial charge in [0.15, 0.2) is 0 Å². The van der Waals surface area contributed by atoms with Gasteiger partial charge in [-0.1, -0.05) is 18.2 Å². The lowest BCUT2D eigenvalue weighted by molar-refractivity contribution is 0.0831. The molecular weight excluding hydrogens is 246 g/mol. The number of nitrogens with one attached hydrogen (secondary N) is 1. The van der Waals surface area contributed by atoms with Crippen LogP contribution in [0.15, 0.2) is 30.5 Å². The number of fused-ring (bicyclic) bond motifs is 1. The molecule has 0 amide bonds. The van der Waals surface area contributed by atoms with Gasteiger partial charge in [-0.05, 0) is 32.4 Å². The Morgan fingerprint density at radius 2 is 2.05 bits per heavy atom. The molecular formula is C17H25N3. The molecule has 2 heterocycles. The number of para-hydroxylation sites is 1. The lowest BCUT2D eigenvalue weighted by Gasteiger charge is -2.42. The largest absolute Gasteiger partial charge is 0.347 e. The number of rotatable bonds is 3. The van der Waals surface area contributed by atoms with E-state index in [2.05, 4.69) is 66.0 Å². The molecule has 1 aliphatic rings. The van der Waals surface area contributed by atoms with E-state index in [9.17, 15) is 0 Å².